The molecule has 1 saturated heterocycles. The van der Waals surface area contributed by atoms with Gasteiger partial charge in [0.2, 0.25) is 0 Å². The molecule has 3 rings (SSSR count). The third kappa shape index (κ3) is 5.53. The van der Waals surface area contributed by atoms with E-state index in [2.05, 4.69) is 22.3 Å². The Labute approximate surface area is 158 Å². The molecule has 6 heteroatoms. The van der Waals surface area contributed by atoms with Crippen LogP contribution in [0.5, 0.6) is 0 Å². The third-order valence-electron chi connectivity index (χ3n) is 4.74. The van der Waals surface area contributed by atoms with Crippen LogP contribution >= 0.6 is 0 Å². The molecule has 0 bridgehead atoms. The Hall–Kier alpha value is -2.91. The van der Waals surface area contributed by atoms with Gasteiger partial charge in [0.05, 0.1) is 23.9 Å². The number of nitrogens with one attached hydrogen (secondary N) is 1. The topological polar surface area (TPSA) is 65.4 Å². The van der Waals surface area contributed by atoms with E-state index in [1.807, 2.05) is 24.3 Å². The van der Waals surface area contributed by atoms with Gasteiger partial charge in [-0.1, -0.05) is 30.3 Å². The zero-order valence-electron chi connectivity index (χ0n) is 15.0. The number of ether oxygens (including phenoxy) is 1. The van der Waals surface area contributed by atoms with Crippen molar-refractivity contribution in [1.29, 1.82) is 5.26 Å². The van der Waals surface area contributed by atoms with Gasteiger partial charge in [0.25, 0.3) is 0 Å². The summed E-state index contributed by atoms with van der Waals surface area (Å²) in [5, 5.41) is 11.1. The number of likely N-dealkylation sites (tertiary alicyclic amines) is 1. The fraction of sp³-hybridized carbons (Fsp3) is 0.333. The van der Waals surface area contributed by atoms with Crippen LogP contribution in [0.4, 0.5) is 14.9 Å². The first-order valence-corrected chi connectivity index (χ1v) is 9.04. The molecule has 140 valence electrons. The summed E-state index contributed by atoms with van der Waals surface area (Å²) in [5.74, 6) is -0.339. The van der Waals surface area contributed by atoms with Crippen LogP contribution in [0.2, 0.25) is 0 Å². The number of amides is 1. The molecule has 1 fully saturated rings. The number of hydrogen-bond acceptors (Lipinski definition) is 4. The summed E-state index contributed by atoms with van der Waals surface area (Å²) in [7, 11) is 0. The number of nitrogens with zero attached hydrogens (tertiary/aromatic N) is 2. The van der Waals surface area contributed by atoms with Crippen LogP contribution in [-0.2, 0) is 11.3 Å². The minimum absolute atomic E-state index is 0.0108. The van der Waals surface area contributed by atoms with E-state index in [9.17, 15) is 9.18 Å². The number of carbonyl (C=O) groups is 1. The lowest BCUT2D eigenvalue weighted by molar-refractivity contribution is 0.102. The predicted octanol–water partition coefficient (Wildman–Crippen LogP) is 4.16. The van der Waals surface area contributed by atoms with Gasteiger partial charge in [-0.2, -0.15) is 5.26 Å². The molecule has 0 aromatic heterocycles. The maximum atomic E-state index is 13.8. The van der Waals surface area contributed by atoms with E-state index < -0.39 is 11.9 Å². The van der Waals surface area contributed by atoms with Crippen molar-refractivity contribution in [1.82, 2.24) is 4.90 Å². The Bertz CT molecular complexity index is 812. The van der Waals surface area contributed by atoms with E-state index in [1.54, 1.807) is 0 Å². The SMILES string of the molecule is N#Cc1ccc(NC(=O)OCC2CCN(Cc3ccccc3)CC2)c(F)c1. The number of piperidine rings is 1. The molecule has 1 aliphatic rings. The van der Waals surface area contributed by atoms with Crippen LogP contribution in [0.1, 0.15) is 24.0 Å². The molecule has 1 aliphatic heterocycles. The highest BCUT2D eigenvalue weighted by Gasteiger charge is 2.21. The highest BCUT2D eigenvalue weighted by Crippen LogP contribution is 2.20. The molecule has 0 unspecified atom stereocenters. The number of halogens is 1. The lowest BCUT2D eigenvalue weighted by Crippen LogP contribution is -2.35. The molecule has 1 heterocycles. The summed E-state index contributed by atoms with van der Waals surface area (Å²) in [6, 6.07) is 16.1. The number of hydrogen-bond donors (Lipinski definition) is 1. The summed E-state index contributed by atoms with van der Waals surface area (Å²) in [6.07, 6.45) is 1.25. The van der Waals surface area contributed by atoms with Crippen molar-refractivity contribution in [3.05, 3.63) is 65.5 Å². The number of rotatable bonds is 5. The number of benzene rings is 2. The first-order chi connectivity index (χ1) is 13.1. The maximum absolute atomic E-state index is 13.8. The van der Waals surface area contributed by atoms with Crippen molar-refractivity contribution < 1.29 is 13.9 Å². The van der Waals surface area contributed by atoms with E-state index in [0.29, 0.717) is 12.5 Å². The van der Waals surface area contributed by atoms with Gasteiger partial charge in [-0.15, -0.1) is 0 Å². The van der Waals surface area contributed by atoms with Crippen molar-refractivity contribution in [2.75, 3.05) is 25.0 Å². The van der Waals surface area contributed by atoms with Crippen LogP contribution in [-0.4, -0.2) is 30.7 Å². The van der Waals surface area contributed by atoms with Gasteiger partial charge >= 0.3 is 6.09 Å². The largest absolute Gasteiger partial charge is 0.449 e. The lowest BCUT2D eigenvalue weighted by Gasteiger charge is -2.31. The molecule has 0 saturated carbocycles. The highest BCUT2D eigenvalue weighted by atomic mass is 19.1. The molecule has 0 spiro atoms. The van der Waals surface area contributed by atoms with Crippen LogP contribution < -0.4 is 5.32 Å². The molecule has 0 radical (unpaired) electrons. The van der Waals surface area contributed by atoms with Crippen LogP contribution in [0.15, 0.2) is 48.5 Å². The highest BCUT2D eigenvalue weighted by molar-refractivity contribution is 5.84. The molecule has 1 N–H and O–H groups in total. The standard InChI is InChI=1S/C21H22FN3O2/c22-19-12-18(13-23)6-7-20(19)24-21(26)27-15-17-8-10-25(11-9-17)14-16-4-2-1-3-5-16/h1-7,12,17H,8-11,14-15H2,(H,24,26). The maximum Gasteiger partial charge on any atom is 0.411 e. The van der Waals surface area contributed by atoms with Crippen LogP contribution in [0.25, 0.3) is 0 Å². The average molecular weight is 367 g/mol. The lowest BCUT2D eigenvalue weighted by atomic mass is 9.97. The van der Waals surface area contributed by atoms with Crippen molar-refractivity contribution in [2.45, 2.75) is 19.4 Å². The van der Waals surface area contributed by atoms with E-state index in [1.165, 1.54) is 17.7 Å². The van der Waals surface area contributed by atoms with Gasteiger partial charge in [0.15, 0.2) is 0 Å². The minimum atomic E-state index is -0.676. The van der Waals surface area contributed by atoms with Crippen molar-refractivity contribution in [2.24, 2.45) is 5.92 Å². The van der Waals surface area contributed by atoms with Crippen molar-refractivity contribution in [3.8, 4) is 6.07 Å². The second-order valence-corrected chi connectivity index (χ2v) is 6.74. The molecule has 0 aliphatic carbocycles. The first kappa shape index (κ1) is 18.9. The second-order valence-electron chi connectivity index (χ2n) is 6.74. The van der Waals surface area contributed by atoms with Crippen molar-refractivity contribution in [3.63, 3.8) is 0 Å². The van der Waals surface area contributed by atoms with Gasteiger partial charge < -0.3 is 4.74 Å². The fourth-order valence-corrected chi connectivity index (χ4v) is 3.18. The van der Waals surface area contributed by atoms with E-state index in [-0.39, 0.29) is 11.3 Å². The third-order valence-corrected chi connectivity index (χ3v) is 4.74. The van der Waals surface area contributed by atoms with E-state index in [0.717, 1.165) is 38.5 Å². The second kappa shape index (κ2) is 9.15. The molecule has 0 atom stereocenters. The molecule has 5 nitrogen and oxygen atoms in total. The van der Waals surface area contributed by atoms with Gasteiger partial charge in [-0.05, 0) is 55.6 Å². The Kier molecular flexibility index (Phi) is 6.39. The average Bonchev–Trinajstić information content (AvgIpc) is 2.70. The molecule has 2 aromatic rings. The molecular weight excluding hydrogens is 345 g/mol. The van der Waals surface area contributed by atoms with Crippen LogP contribution in [0.3, 0.4) is 0 Å². The fourth-order valence-electron chi connectivity index (χ4n) is 3.18. The Morgan fingerprint density at radius 3 is 2.63 bits per heavy atom. The Balaban J connectivity index is 1.39. The summed E-state index contributed by atoms with van der Waals surface area (Å²) in [5.41, 5.74) is 1.52. The van der Waals surface area contributed by atoms with Gasteiger partial charge in [0, 0.05) is 6.54 Å². The van der Waals surface area contributed by atoms with Gasteiger partial charge in [-0.25, -0.2) is 9.18 Å². The van der Waals surface area contributed by atoms with E-state index in [4.69, 9.17) is 10.00 Å². The minimum Gasteiger partial charge on any atom is -0.449 e. The number of nitriles is 1. The first-order valence-electron chi connectivity index (χ1n) is 9.04. The monoisotopic (exact) mass is 367 g/mol. The molecule has 1 amide bonds. The van der Waals surface area contributed by atoms with Crippen LogP contribution in [0, 0.1) is 23.1 Å². The zero-order valence-corrected chi connectivity index (χ0v) is 15.0. The van der Waals surface area contributed by atoms with Crippen molar-refractivity contribution >= 4 is 11.8 Å². The van der Waals surface area contributed by atoms with Gasteiger partial charge in [-0.3, -0.25) is 10.2 Å². The quantitative estimate of drug-likeness (QED) is 0.862. The Morgan fingerprint density at radius 2 is 1.96 bits per heavy atom. The summed E-state index contributed by atoms with van der Waals surface area (Å²) in [6.45, 7) is 3.19. The zero-order chi connectivity index (χ0) is 19.1. The molecule has 2 aromatic carbocycles. The predicted molar refractivity (Wildman–Crippen MR) is 101 cm³/mol. The summed E-state index contributed by atoms with van der Waals surface area (Å²) in [4.78, 5) is 14.3. The molecular formula is C21H22FN3O2. The van der Waals surface area contributed by atoms with E-state index >= 15 is 0 Å². The normalized spacial score (nSPS) is 15.1. The smallest absolute Gasteiger partial charge is 0.411 e. The molecule has 27 heavy (non-hydrogen) atoms. The van der Waals surface area contributed by atoms with Gasteiger partial charge in [0.1, 0.15) is 5.82 Å². The number of anilines is 1. The Morgan fingerprint density at radius 1 is 1.22 bits per heavy atom. The summed E-state index contributed by atoms with van der Waals surface area (Å²) < 4.78 is 19.0. The summed E-state index contributed by atoms with van der Waals surface area (Å²) >= 11 is 0. The number of carbonyl (C=O) groups excluding carboxylic acids is 1.